The first-order valence-electron chi connectivity index (χ1n) is 4.98. The van der Waals surface area contributed by atoms with Crippen molar-refractivity contribution in [1.29, 1.82) is 0 Å². The van der Waals surface area contributed by atoms with Gasteiger partial charge < -0.3 is 9.53 Å². The molecule has 0 fully saturated rings. The first kappa shape index (κ1) is 12.2. The number of hydrogen-bond acceptors (Lipinski definition) is 2. The minimum Gasteiger partial charge on any atom is -0.493 e. The number of aryl methyl sites for hydroxylation is 1. The molecule has 0 saturated heterocycles. The summed E-state index contributed by atoms with van der Waals surface area (Å²) in [4.78, 5) is 10.7. The average Bonchev–Trinajstić information content (AvgIpc) is 2.17. The van der Waals surface area contributed by atoms with Gasteiger partial charge in [-0.25, -0.2) is 0 Å². The third-order valence-corrected chi connectivity index (χ3v) is 2.57. The van der Waals surface area contributed by atoms with Crippen molar-refractivity contribution >= 4 is 21.7 Å². The van der Waals surface area contributed by atoms with Gasteiger partial charge in [-0.15, -0.1) is 0 Å². The Balaban J connectivity index is 2.43. The fraction of sp³-hybridized carbons (Fsp3) is 0.417. The normalized spacial score (nSPS) is 10.1. The van der Waals surface area contributed by atoms with Crippen LogP contribution in [0.2, 0.25) is 0 Å². The van der Waals surface area contributed by atoms with Crippen LogP contribution in [0.5, 0.6) is 5.75 Å². The summed E-state index contributed by atoms with van der Waals surface area (Å²) < 4.78 is 6.59. The van der Waals surface area contributed by atoms with Gasteiger partial charge in [0, 0.05) is 10.9 Å². The van der Waals surface area contributed by atoms with Gasteiger partial charge in [-0.1, -0.05) is 22.0 Å². The zero-order valence-electron chi connectivity index (χ0n) is 9.05. The van der Waals surface area contributed by atoms with Crippen LogP contribution in [-0.4, -0.2) is 12.4 Å². The van der Waals surface area contributed by atoms with Gasteiger partial charge in [0.05, 0.1) is 6.61 Å². The SMILES string of the molecule is CC(=O)CCCOc1cc(Br)ccc1C. The lowest BCUT2D eigenvalue weighted by Crippen LogP contribution is -2.01. The highest BCUT2D eigenvalue weighted by molar-refractivity contribution is 9.10. The molecule has 0 aliphatic carbocycles. The van der Waals surface area contributed by atoms with E-state index in [9.17, 15) is 4.79 Å². The van der Waals surface area contributed by atoms with Crippen molar-refractivity contribution in [1.82, 2.24) is 0 Å². The minimum atomic E-state index is 0.213. The van der Waals surface area contributed by atoms with Gasteiger partial charge in [-0.3, -0.25) is 0 Å². The van der Waals surface area contributed by atoms with Crippen LogP contribution >= 0.6 is 15.9 Å². The lowest BCUT2D eigenvalue weighted by atomic mass is 10.2. The number of carbonyl (C=O) groups excluding carboxylic acids is 1. The standard InChI is InChI=1S/C12H15BrO2/c1-9-5-6-11(13)8-12(9)15-7-3-4-10(2)14/h5-6,8H,3-4,7H2,1-2H3. The quantitative estimate of drug-likeness (QED) is 0.766. The van der Waals surface area contributed by atoms with Gasteiger partial charge in [0.15, 0.2) is 0 Å². The molecule has 82 valence electrons. The average molecular weight is 271 g/mol. The molecule has 1 aromatic rings. The van der Waals surface area contributed by atoms with Crippen LogP contribution in [0.4, 0.5) is 0 Å². The molecule has 0 radical (unpaired) electrons. The van der Waals surface area contributed by atoms with Crippen LogP contribution < -0.4 is 4.74 Å². The molecule has 0 N–H and O–H groups in total. The molecule has 0 bridgehead atoms. The molecule has 0 amide bonds. The van der Waals surface area contributed by atoms with E-state index in [-0.39, 0.29) is 5.78 Å². The van der Waals surface area contributed by atoms with E-state index in [1.165, 1.54) is 0 Å². The third kappa shape index (κ3) is 4.47. The maximum Gasteiger partial charge on any atom is 0.129 e. The van der Waals surface area contributed by atoms with E-state index in [0.29, 0.717) is 13.0 Å². The predicted octanol–water partition coefficient (Wildman–Crippen LogP) is 3.51. The molecule has 0 spiro atoms. The first-order valence-corrected chi connectivity index (χ1v) is 5.77. The monoisotopic (exact) mass is 270 g/mol. The summed E-state index contributed by atoms with van der Waals surface area (Å²) in [6.07, 6.45) is 1.37. The zero-order chi connectivity index (χ0) is 11.3. The van der Waals surface area contributed by atoms with Gasteiger partial charge in [-0.05, 0) is 38.0 Å². The van der Waals surface area contributed by atoms with Crippen molar-refractivity contribution in [3.63, 3.8) is 0 Å². The number of ketones is 1. The van der Waals surface area contributed by atoms with Crippen molar-refractivity contribution in [2.24, 2.45) is 0 Å². The van der Waals surface area contributed by atoms with Gasteiger partial charge in [0.1, 0.15) is 11.5 Å². The van der Waals surface area contributed by atoms with E-state index in [2.05, 4.69) is 15.9 Å². The summed E-state index contributed by atoms with van der Waals surface area (Å²) in [5, 5.41) is 0. The van der Waals surface area contributed by atoms with E-state index < -0.39 is 0 Å². The fourth-order valence-corrected chi connectivity index (χ4v) is 1.57. The summed E-state index contributed by atoms with van der Waals surface area (Å²) in [6.45, 7) is 4.20. The largest absolute Gasteiger partial charge is 0.493 e. The van der Waals surface area contributed by atoms with Crippen LogP contribution in [0.1, 0.15) is 25.3 Å². The second kappa shape index (κ2) is 5.91. The number of Topliss-reactive ketones (excluding diaryl/α,β-unsaturated/α-hetero) is 1. The number of benzene rings is 1. The van der Waals surface area contributed by atoms with Crippen LogP contribution in [0.25, 0.3) is 0 Å². The highest BCUT2D eigenvalue weighted by atomic mass is 79.9. The predicted molar refractivity (Wildman–Crippen MR) is 64.3 cm³/mol. The summed E-state index contributed by atoms with van der Waals surface area (Å²) in [7, 11) is 0. The molecule has 1 rings (SSSR count). The maximum absolute atomic E-state index is 10.7. The molecule has 0 aliphatic heterocycles. The van der Waals surface area contributed by atoms with E-state index in [0.717, 1.165) is 22.2 Å². The second-order valence-electron chi connectivity index (χ2n) is 3.56. The minimum absolute atomic E-state index is 0.213. The van der Waals surface area contributed by atoms with Crippen molar-refractivity contribution in [2.45, 2.75) is 26.7 Å². The fourth-order valence-electron chi connectivity index (χ4n) is 1.23. The molecule has 0 saturated carbocycles. The Hall–Kier alpha value is -0.830. The number of halogens is 1. The summed E-state index contributed by atoms with van der Waals surface area (Å²) in [6, 6.07) is 5.94. The van der Waals surface area contributed by atoms with Crippen molar-refractivity contribution in [2.75, 3.05) is 6.61 Å². The van der Waals surface area contributed by atoms with Crippen molar-refractivity contribution in [3.8, 4) is 5.75 Å². The second-order valence-corrected chi connectivity index (χ2v) is 4.48. The summed E-state index contributed by atoms with van der Waals surface area (Å²) >= 11 is 3.39. The Labute approximate surface area is 98.8 Å². The van der Waals surface area contributed by atoms with Crippen LogP contribution in [0.15, 0.2) is 22.7 Å². The van der Waals surface area contributed by atoms with E-state index in [4.69, 9.17) is 4.74 Å². The van der Waals surface area contributed by atoms with Crippen LogP contribution in [-0.2, 0) is 4.79 Å². The molecule has 0 aliphatic rings. The van der Waals surface area contributed by atoms with E-state index in [1.54, 1.807) is 6.92 Å². The molecule has 2 nitrogen and oxygen atoms in total. The molecule has 0 aromatic heterocycles. The van der Waals surface area contributed by atoms with Gasteiger partial charge in [0.2, 0.25) is 0 Å². The third-order valence-electron chi connectivity index (χ3n) is 2.08. The zero-order valence-corrected chi connectivity index (χ0v) is 10.6. The molecular formula is C12H15BrO2. The smallest absolute Gasteiger partial charge is 0.129 e. The van der Waals surface area contributed by atoms with Crippen molar-refractivity contribution in [3.05, 3.63) is 28.2 Å². The summed E-state index contributed by atoms with van der Waals surface area (Å²) in [5.41, 5.74) is 1.11. The Morgan fingerprint density at radius 3 is 2.87 bits per heavy atom. The van der Waals surface area contributed by atoms with Gasteiger partial charge in [-0.2, -0.15) is 0 Å². The molecule has 3 heteroatoms. The molecule has 0 unspecified atom stereocenters. The number of ether oxygens (including phenoxy) is 1. The molecular weight excluding hydrogens is 256 g/mol. The van der Waals surface area contributed by atoms with E-state index >= 15 is 0 Å². The Bertz CT molecular complexity index is 347. The van der Waals surface area contributed by atoms with Gasteiger partial charge >= 0.3 is 0 Å². The van der Waals surface area contributed by atoms with Crippen LogP contribution in [0.3, 0.4) is 0 Å². The lowest BCUT2D eigenvalue weighted by molar-refractivity contribution is -0.117. The van der Waals surface area contributed by atoms with E-state index in [1.807, 2.05) is 25.1 Å². The topological polar surface area (TPSA) is 26.3 Å². The van der Waals surface area contributed by atoms with Crippen molar-refractivity contribution < 1.29 is 9.53 Å². The molecule has 1 aromatic carbocycles. The summed E-state index contributed by atoms with van der Waals surface area (Å²) in [5.74, 6) is 1.09. The van der Waals surface area contributed by atoms with Crippen LogP contribution in [0, 0.1) is 6.92 Å². The highest BCUT2D eigenvalue weighted by Gasteiger charge is 2.00. The first-order chi connectivity index (χ1) is 7.09. The number of hydrogen-bond donors (Lipinski definition) is 0. The molecule has 0 atom stereocenters. The maximum atomic E-state index is 10.7. The molecule has 0 heterocycles. The van der Waals surface area contributed by atoms with Gasteiger partial charge in [0.25, 0.3) is 0 Å². The number of carbonyl (C=O) groups is 1. The molecule has 15 heavy (non-hydrogen) atoms. The Kier molecular flexibility index (Phi) is 4.82. The number of rotatable bonds is 5. The highest BCUT2D eigenvalue weighted by Crippen LogP contribution is 2.22. The Morgan fingerprint density at radius 2 is 2.20 bits per heavy atom. The lowest BCUT2D eigenvalue weighted by Gasteiger charge is -2.08. The Morgan fingerprint density at radius 1 is 1.47 bits per heavy atom.